The van der Waals surface area contributed by atoms with E-state index in [1.807, 2.05) is 12.3 Å². The quantitative estimate of drug-likeness (QED) is 0.886. The van der Waals surface area contributed by atoms with Gasteiger partial charge < -0.3 is 15.5 Å². The zero-order valence-corrected chi connectivity index (χ0v) is 13.3. The number of anilines is 1. The maximum absolute atomic E-state index is 12.4. The Morgan fingerprint density at radius 1 is 1.36 bits per heavy atom. The molecule has 2 N–H and O–H groups in total. The summed E-state index contributed by atoms with van der Waals surface area (Å²) in [5.41, 5.74) is 1.18. The Kier molecular flexibility index (Phi) is 4.93. The standard InChI is InChI=1S/C17H26N4O/c1-13-9-14(11-19-10-13)17(22)20-15-4-7-21(8-5-15)16-3-2-6-18-12-16/h2-3,6,12-15,19H,4-5,7-11H2,1H3,(H,20,22). The number of hydrogen-bond acceptors (Lipinski definition) is 4. The molecular formula is C17H26N4O. The number of rotatable bonds is 3. The van der Waals surface area contributed by atoms with Gasteiger partial charge in [0.2, 0.25) is 5.91 Å². The molecule has 2 aliphatic rings. The molecule has 0 spiro atoms. The van der Waals surface area contributed by atoms with Crippen molar-refractivity contribution in [2.75, 3.05) is 31.1 Å². The van der Waals surface area contributed by atoms with Gasteiger partial charge in [0, 0.05) is 31.9 Å². The molecule has 2 saturated heterocycles. The molecule has 2 unspecified atom stereocenters. The fourth-order valence-electron chi connectivity index (χ4n) is 3.50. The van der Waals surface area contributed by atoms with E-state index in [1.165, 1.54) is 5.69 Å². The molecule has 1 aromatic heterocycles. The van der Waals surface area contributed by atoms with Gasteiger partial charge in [-0.3, -0.25) is 9.78 Å². The Hall–Kier alpha value is -1.62. The van der Waals surface area contributed by atoms with Crippen LogP contribution in [0.25, 0.3) is 0 Å². The number of carbonyl (C=O) groups excluding carboxylic acids is 1. The predicted molar refractivity (Wildman–Crippen MR) is 87.8 cm³/mol. The van der Waals surface area contributed by atoms with Gasteiger partial charge >= 0.3 is 0 Å². The highest BCUT2D eigenvalue weighted by atomic mass is 16.2. The molecular weight excluding hydrogens is 276 g/mol. The van der Waals surface area contributed by atoms with E-state index in [-0.39, 0.29) is 11.8 Å². The van der Waals surface area contributed by atoms with Gasteiger partial charge in [-0.15, -0.1) is 0 Å². The minimum absolute atomic E-state index is 0.139. The molecule has 2 fully saturated rings. The normalized spacial score (nSPS) is 26.7. The zero-order chi connectivity index (χ0) is 15.4. The Bertz CT molecular complexity index is 485. The van der Waals surface area contributed by atoms with Crippen molar-refractivity contribution in [3.8, 4) is 0 Å². The molecule has 1 aromatic rings. The molecule has 3 heterocycles. The van der Waals surface area contributed by atoms with Gasteiger partial charge in [-0.25, -0.2) is 0 Å². The van der Waals surface area contributed by atoms with E-state index >= 15 is 0 Å². The Morgan fingerprint density at radius 2 is 2.18 bits per heavy atom. The first-order valence-electron chi connectivity index (χ1n) is 8.38. The Balaban J connectivity index is 1.46. The second-order valence-corrected chi connectivity index (χ2v) is 6.68. The van der Waals surface area contributed by atoms with Crippen molar-refractivity contribution in [3.63, 3.8) is 0 Å². The minimum atomic E-state index is 0.139. The monoisotopic (exact) mass is 302 g/mol. The van der Waals surface area contributed by atoms with Crippen molar-refractivity contribution in [1.82, 2.24) is 15.6 Å². The molecule has 2 aliphatic heterocycles. The molecule has 0 aromatic carbocycles. The first kappa shape index (κ1) is 15.3. The lowest BCUT2D eigenvalue weighted by molar-refractivity contribution is -0.126. The van der Waals surface area contributed by atoms with Gasteiger partial charge in [0.1, 0.15) is 0 Å². The van der Waals surface area contributed by atoms with E-state index in [1.54, 1.807) is 6.20 Å². The van der Waals surface area contributed by atoms with E-state index in [2.05, 4.69) is 33.5 Å². The lowest BCUT2D eigenvalue weighted by Crippen LogP contribution is -2.49. The molecule has 2 atom stereocenters. The number of nitrogens with one attached hydrogen (secondary N) is 2. The summed E-state index contributed by atoms with van der Waals surface area (Å²) in [4.78, 5) is 18.9. The third-order valence-electron chi connectivity index (χ3n) is 4.79. The summed E-state index contributed by atoms with van der Waals surface area (Å²) >= 11 is 0. The lowest BCUT2D eigenvalue weighted by Gasteiger charge is -2.35. The second kappa shape index (κ2) is 7.09. The van der Waals surface area contributed by atoms with E-state index in [9.17, 15) is 4.79 Å². The Labute approximate surface area is 132 Å². The smallest absolute Gasteiger partial charge is 0.224 e. The highest BCUT2D eigenvalue weighted by Gasteiger charge is 2.27. The number of amides is 1. The van der Waals surface area contributed by atoms with Crippen LogP contribution in [0.15, 0.2) is 24.5 Å². The summed E-state index contributed by atoms with van der Waals surface area (Å²) < 4.78 is 0. The van der Waals surface area contributed by atoms with Crippen LogP contribution < -0.4 is 15.5 Å². The average Bonchev–Trinajstić information content (AvgIpc) is 2.56. The average molecular weight is 302 g/mol. The first-order chi connectivity index (χ1) is 10.7. The van der Waals surface area contributed by atoms with Crippen LogP contribution in [-0.2, 0) is 4.79 Å². The van der Waals surface area contributed by atoms with Crippen LogP contribution in [0, 0.1) is 11.8 Å². The second-order valence-electron chi connectivity index (χ2n) is 6.68. The number of hydrogen-bond donors (Lipinski definition) is 2. The largest absolute Gasteiger partial charge is 0.370 e. The fourth-order valence-corrected chi connectivity index (χ4v) is 3.50. The summed E-state index contributed by atoms with van der Waals surface area (Å²) in [6.07, 6.45) is 6.74. The number of pyridine rings is 1. The van der Waals surface area contributed by atoms with Gasteiger partial charge in [0.25, 0.3) is 0 Å². The number of piperidine rings is 2. The topological polar surface area (TPSA) is 57.3 Å². The summed E-state index contributed by atoms with van der Waals surface area (Å²) in [6, 6.07) is 4.39. The van der Waals surface area contributed by atoms with Crippen LogP contribution in [0.5, 0.6) is 0 Å². The van der Waals surface area contributed by atoms with Gasteiger partial charge in [0.05, 0.1) is 17.8 Å². The lowest BCUT2D eigenvalue weighted by atomic mass is 9.90. The summed E-state index contributed by atoms with van der Waals surface area (Å²) in [6.45, 7) is 6.03. The van der Waals surface area contributed by atoms with E-state index in [0.29, 0.717) is 12.0 Å². The molecule has 0 bridgehead atoms. The number of carbonyl (C=O) groups is 1. The van der Waals surface area contributed by atoms with Crippen LogP contribution >= 0.6 is 0 Å². The van der Waals surface area contributed by atoms with Crippen molar-refractivity contribution in [3.05, 3.63) is 24.5 Å². The van der Waals surface area contributed by atoms with Crippen LogP contribution in [0.4, 0.5) is 5.69 Å². The van der Waals surface area contributed by atoms with Crippen LogP contribution in [0.2, 0.25) is 0 Å². The molecule has 1 amide bonds. The molecule has 5 heteroatoms. The SMILES string of the molecule is CC1CNCC(C(=O)NC2CCN(c3cccnc3)CC2)C1. The summed E-state index contributed by atoms with van der Waals surface area (Å²) in [5.74, 6) is 0.968. The van der Waals surface area contributed by atoms with Crippen molar-refractivity contribution >= 4 is 11.6 Å². The first-order valence-corrected chi connectivity index (χ1v) is 8.38. The maximum atomic E-state index is 12.4. The van der Waals surface area contributed by atoms with Gasteiger partial charge in [-0.05, 0) is 43.9 Å². The van der Waals surface area contributed by atoms with Gasteiger partial charge in [0.15, 0.2) is 0 Å². The third kappa shape index (κ3) is 3.77. The van der Waals surface area contributed by atoms with Crippen molar-refractivity contribution in [1.29, 1.82) is 0 Å². The molecule has 5 nitrogen and oxygen atoms in total. The zero-order valence-electron chi connectivity index (χ0n) is 13.3. The van der Waals surface area contributed by atoms with Crippen LogP contribution in [-0.4, -0.2) is 43.1 Å². The van der Waals surface area contributed by atoms with E-state index < -0.39 is 0 Å². The summed E-state index contributed by atoms with van der Waals surface area (Å²) in [7, 11) is 0. The Morgan fingerprint density at radius 3 is 2.86 bits per heavy atom. The molecule has 0 aliphatic carbocycles. The molecule has 3 rings (SSSR count). The van der Waals surface area contributed by atoms with Gasteiger partial charge in [-0.1, -0.05) is 6.92 Å². The maximum Gasteiger partial charge on any atom is 0.224 e. The minimum Gasteiger partial charge on any atom is -0.370 e. The van der Waals surface area contributed by atoms with Crippen LogP contribution in [0.3, 0.4) is 0 Å². The van der Waals surface area contributed by atoms with Crippen molar-refractivity contribution < 1.29 is 4.79 Å². The number of aromatic nitrogens is 1. The molecule has 120 valence electrons. The fraction of sp³-hybridized carbons (Fsp3) is 0.647. The molecule has 22 heavy (non-hydrogen) atoms. The number of nitrogens with zero attached hydrogens (tertiary/aromatic N) is 2. The molecule has 0 radical (unpaired) electrons. The van der Waals surface area contributed by atoms with Crippen LogP contribution in [0.1, 0.15) is 26.2 Å². The van der Waals surface area contributed by atoms with E-state index in [0.717, 1.165) is 45.4 Å². The van der Waals surface area contributed by atoms with E-state index in [4.69, 9.17) is 0 Å². The molecule has 0 saturated carbocycles. The van der Waals surface area contributed by atoms with Crippen molar-refractivity contribution in [2.24, 2.45) is 11.8 Å². The highest BCUT2D eigenvalue weighted by Crippen LogP contribution is 2.20. The third-order valence-corrected chi connectivity index (χ3v) is 4.79. The highest BCUT2D eigenvalue weighted by molar-refractivity contribution is 5.79. The summed E-state index contributed by atoms with van der Waals surface area (Å²) in [5, 5.41) is 6.62. The van der Waals surface area contributed by atoms with Gasteiger partial charge in [-0.2, -0.15) is 0 Å². The van der Waals surface area contributed by atoms with Crippen molar-refractivity contribution in [2.45, 2.75) is 32.2 Å². The predicted octanol–water partition coefficient (Wildman–Crippen LogP) is 1.41.